The number of para-hydroxylation sites is 1. The third kappa shape index (κ3) is 4.61. The van der Waals surface area contributed by atoms with E-state index in [-0.39, 0.29) is 24.1 Å². The summed E-state index contributed by atoms with van der Waals surface area (Å²) < 4.78 is 4.64. The van der Waals surface area contributed by atoms with Gasteiger partial charge in [-0.05, 0) is 38.8 Å². The molecule has 1 heterocycles. The molecule has 0 unspecified atom stereocenters. The molecule has 1 aromatic rings. The minimum absolute atomic E-state index is 0.0505. The SMILES string of the molecule is COC(=O)NC1CCN(c2ccccc2C(=O)NC(C)C)CC1. The molecule has 1 aromatic carbocycles. The minimum atomic E-state index is -0.389. The summed E-state index contributed by atoms with van der Waals surface area (Å²) in [5.74, 6) is -0.0505. The number of nitrogens with one attached hydrogen (secondary N) is 2. The van der Waals surface area contributed by atoms with Gasteiger partial charge in [0.15, 0.2) is 0 Å². The van der Waals surface area contributed by atoms with E-state index < -0.39 is 0 Å². The van der Waals surface area contributed by atoms with Gasteiger partial charge in [0, 0.05) is 30.9 Å². The van der Waals surface area contributed by atoms with Crippen molar-refractivity contribution in [2.45, 2.75) is 38.8 Å². The lowest BCUT2D eigenvalue weighted by Gasteiger charge is -2.34. The van der Waals surface area contributed by atoms with Gasteiger partial charge < -0.3 is 20.3 Å². The van der Waals surface area contributed by atoms with Crippen molar-refractivity contribution in [2.24, 2.45) is 0 Å². The van der Waals surface area contributed by atoms with Gasteiger partial charge in [0.2, 0.25) is 0 Å². The van der Waals surface area contributed by atoms with Gasteiger partial charge in [-0.15, -0.1) is 0 Å². The molecule has 1 fully saturated rings. The van der Waals surface area contributed by atoms with E-state index >= 15 is 0 Å². The monoisotopic (exact) mass is 319 g/mol. The molecule has 0 aliphatic carbocycles. The molecule has 0 saturated carbocycles. The van der Waals surface area contributed by atoms with Crippen LogP contribution >= 0.6 is 0 Å². The normalized spacial score (nSPS) is 15.4. The molecule has 2 N–H and O–H groups in total. The van der Waals surface area contributed by atoms with Crippen LogP contribution in [0.1, 0.15) is 37.0 Å². The topological polar surface area (TPSA) is 70.7 Å². The molecular formula is C17H25N3O3. The molecule has 2 rings (SSSR count). The number of hydrogen-bond acceptors (Lipinski definition) is 4. The van der Waals surface area contributed by atoms with E-state index in [1.54, 1.807) is 0 Å². The van der Waals surface area contributed by atoms with Gasteiger partial charge in [-0.25, -0.2) is 4.79 Å². The third-order valence-electron chi connectivity index (χ3n) is 3.91. The van der Waals surface area contributed by atoms with Crippen LogP contribution in [0.15, 0.2) is 24.3 Å². The van der Waals surface area contributed by atoms with E-state index in [1.165, 1.54) is 7.11 Å². The molecular weight excluding hydrogens is 294 g/mol. The first-order valence-corrected chi connectivity index (χ1v) is 8.00. The summed E-state index contributed by atoms with van der Waals surface area (Å²) in [6.07, 6.45) is 1.27. The Balaban J connectivity index is 2.03. The molecule has 0 bridgehead atoms. The first kappa shape index (κ1) is 17.1. The van der Waals surface area contributed by atoms with Gasteiger partial charge in [-0.2, -0.15) is 0 Å². The molecule has 6 nitrogen and oxygen atoms in total. The largest absolute Gasteiger partial charge is 0.453 e. The molecule has 0 aromatic heterocycles. The molecule has 6 heteroatoms. The second-order valence-corrected chi connectivity index (χ2v) is 6.04. The zero-order valence-electron chi connectivity index (χ0n) is 14.0. The van der Waals surface area contributed by atoms with E-state index in [0.717, 1.165) is 31.6 Å². The zero-order valence-corrected chi connectivity index (χ0v) is 14.0. The highest BCUT2D eigenvalue weighted by Gasteiger charge is 2.23. The fourth-order valence-corrected chi connectivity index (χ4v) is 2.77. The maximum absolute atomic E-state index is 12.4. The fourth-order valence-electron chi connectivity index (χ4n) is 2.77. The van der Waals surface area contributed by atoms with Crippen molar-refractivity contribution in [2.75, 3.05) is 25.1 Å². The van der Waals surface area contributed by atoms with Crippen LogP contribution in [0, 0.1) is 0 Å². The first-order valence-electron chi connectivity index (χ1n) is 8.00. The number of amides is 2. The van der Waals surface area contributed by atoms with Crippen LogP contribution in [-0.2, 0) is 4.74 Å². The van der Waals surface area contributed by atoms with Gasteiger partial charge in [0.1, 0.15) is 0 Å². The lowest BCUT2D eigenvalue weighted by molar-refractivity contribution is 0.0943. The Kier molecular flexibility index (Phi) is 5.84. The third-order valence-corrected chi connectivity index (χ3v) is 3.91. The van der Waals surface area contributed by atoms with Crippen LogP contribution in [0.3, 0.4) is 0 Å². The molecule has 0 atom stereocenters. The average molecular weight is 319 g/mol. The predicted molar refractivity (Wildman–Crippen MR) is 89.8 cm³/mol. The molecule has 0 spiro atoms. The van der Waals surface area contributed by atoms with Crippen LogP contribution in [0.2, 0.25) is 0 Å². The Labute approximate surface area is 137 Å². The van der Waals surface area contributed by atoms with Crippen molar-refractivity contribution in [3.63, 3.8) is 0 Å². The highest BCUT2D eigenvalue weighted by Crippen LogP contribution is 2.24. The fraction of sp³-hybridized carbons (Fsp3) is 0.529. The summed E-state index contributed by atoms with van der Waals surface area (Å²) in [6, 6.07) is 7.88. The summed E-state index contributed by atoms with van der Waals surface area (Å²) in [6.45, 7) is 5.48. The summed E-state index contributed by atoms with van der Waals surface area (Å²) in [7, 11) is 1.37. The number of alkyl carbamates (subject to hydrolysis) is 1. The number of methoxy groups -OCH3 is 1. The molecule has 1 saturated heterocycles. The van der Waals surface area contributed by atoms with Gasteiger partial charge >= 0.3 is 6.09 Å². The van der Waals surface area contributed by atoms with Gasteiger partial charge in [0.05, 0.1) is 12.7 Å². The number of ether oxygens (including phenoxy) is 1. The second-order valence-electron chi connectivity index (χ2n) is 6.04. The number of benzene rings is 1. The second kappa shape index (κ2) is 7.85. The smallest absolute Gasteiger partial charge is 0.407 e. The average Bonchev–Trinajstić information content (AvgIpc) is 2.55. The number of rotatable bonds is 4. The molecule has 2 amide bonds. The summed E-state index contributed by atoms with van der Waals surface area (Å²) in [5.41, 5.74) is 1.64. The van der Waals surface area contributed by atoms with Crippen molar-refractivity contribution in [3.05, 3.63) is 29.8 Å². The molecule has 0 radical (unpaired) electrons. The predicted octanol–water partition coefficient (Wildman–Crippen LogP) is 2.15. The quantitative estimate of drug-likeness (QED) is 0.892. The maximum Gasteiger partial charge on any atom is 0.407 e. The van der Waals surface area contributed by atoms with Crippen molar-refractivity contribution in [1.82, 2.24) is 10.6 Å². The Hall–Kier alpha value is -2.24. The molecule has 23 heavy (non-hydrogen) atoms. The Bertz CT molecular complexity index is 552. The standard InChI is InChI=1S/C17H25N3O3/c1-12(2)18-16(21)14-6-4-5-7-15(14)20-10-8-13(9-11-20)19-17(22)23-3/h4-7,12-13H,8-11H2,1-3H3,(H,18,21)(H,19,22). The number of nitrogens with zero attached hydrogens (tertiary/aromatic N) is 1. The van der Waals surface area contributed by atoms with E-state index in [2.05, 4.69) is 20.3 Å². The summed E-state index contributed by atoms with van der Waals surface area (Å²) >= 11 is 0. The number of carbonyl (C=O) groups is 2. The lowest BCUT2D eigenvalue weighted by Crippen LogP contribution is -2.45. The summed E-state index contributed by atoms with van der Waals surface area (Å²) in [5, 5.41) is 5.78. The molecule has 1 aliphatic heterocycles. The van der Waals surface area contributed by atoms with Crippen LogP contribution in [0.5, 0.6) is 0 Å². The van der Waals surface area contributed by atoms with E-state index in [4.69, 9.17) is 0 Å². The molecule has 126 valence electrons. The van der Waals surface area contributed by atoms with E-state index in [0.29, 0.717) is 5.56 Å². The number of hydrogen-bond donors (Lipinski definition) is 2. The lowest BCUT2D eigenvalue weighted by atomic mass is 10.0. The maximum atomic E-state index is 12.4. The van der Waals surface area contributed by atoms with Crippen molar-refractivity contribution in [3.8, 4) is 0 Å². The minimum Gasteiger partial charge on any atom is -0.453 e. The van der Waals surface area contributed by atoms with Crippen LogP contribution < -0.4 is 15.5 Å². The van der Waals surface area contributed by atoms with Crippen molar-refractivity contribution >= 4 is 17.7 Å². The highest BCUT2D eigenvalue weighted by molar-refractivity contribution is 6.00. The van der Waals surface area contributed by atoms with Crippen LogP contribution in [0.4, 0.5) is 10.5 Å². The van der Waals surface area contributed by atoms with Crippen LogP contribution in [-0.4, -0.2) is 44.3 Å². The number of carbonyl (C=O) groups excluding carboxylic acids is 2. The van der Waals surface area contributed by atoms with Crippen LogP contribution in [0.25, 0.3) is 0 Å². The van der Waals surface area contributed by atoms with Gasteiger partial charge in [0.25, 0.3) is 5.91 Å². The Morgan fingerprint density at radius 1 is 1.22 bits per heavy atom. The van der Waals surface area contributed by atoms with Crippen molar-refractivity contribution in [1.29, 1.82) is 0 Å². The van der Waals surface area contributed by atoms with E-state index in [1.807, 2.05) is 38.1 Å². The van der Waals surface area contributed by atoms with Crippen molar-refractivity contribution < 1.29 is 14.3 Å². The highest BCUT2D eigenvalue weighted by atomic mass is 16.5. The number of piperidine rings is 1. The van der Waals surface area contributed by atoms with E-state index in [9.17, 15) is 9.59 Å². The molecule has 1 aliphatic rings. The Morgan fingerprint density at radius 2 is 1.87 bits per heavy atom. The van der Waals surface area contributed by atoms with Gasteiger partial charge in [-0.1, -0.05) is 12.1 Å². The summed E-state index contributed by atoms with van der Waals surface area (Å²) in [4.78, 5) is 25.8. The Morgan fingerprint density at radius 3 is 2.48 bits per heavy atom. The zero-order chi connectivity index (χ0) is 16.8. The van der Waals surface area contributed by atoms with Gasteiger partial charge in [-0.3, -0.25) is 4.79 Å². The number of anilines is 1. The first-order chi connectivity index (χ1) is 11.0.